The summed E-state index contributed by atoms with van der Waals surface area (Å²) < 4.78 is 31.6. The highest BCUT2D eigenvalue weighted by Gasteiger charge is 2.46. The fourth-order valence-electron chi connectivity index (χ4n) is 20.1. The van der Waals surface area contributed by atoms with Gasteiger partial charge in [-0.1, -0.05) is 133 Å². The van der Waals surface area contributed by atoms with Crippen LogP contribution in [0.1, 0.15) is 123 Å². The van der Waals surface area contributed by atoms with E-state index in [1.807, 2.05) is 146 Å². The zero-order valence-electron chi connectivity index (χ0n) is 72.1. The van der Waals surface area contributed by atoms with Crippen molar-refractivity contribution in [2.24, 2.45) is 0 Å². The molecular weight excluding hydrogens is 1770 g/mol. The van der Waals surface area contributed by atoms with Crippen LogP contribution >= 0.6 is 0 Å². The number of nitriles is 22. The van der Waals surface area contributed by atoms with E-state index in [-0.39, 0.29) is 111 Å². The van der Waals surface area contributed by atoms with Crippen LogP contribution in [0, 0.1) is 261 Å². The molecular formula is C116H34F2N24. The van der Waals surface area contributed by atoms with E-state index in [0.29, 0.717) is 128 Å². The quantitative estimate of drug-likeness (QED) is 0.127. The molecule has 0 spiro atoms. The van der Waals surface area contributed by atoms with Gasteiger partial charge in [0.25, 0.3) is 0 Å². The Labute approximate surface area is 803 Å². The summed E-state index contributed by atoms with van der Waals surface area (Å²) in [5.41, 5.74) is 19.4. The monoisotopic (exact) mass is 1800 g/mol. The lowest BCUT2D eigenvalue weighted by atomic mass is 9.89. The molecule has 26 heteroatoms. The van der Waals surface area contributed by atoms with Crippen LogP contribution in [0.25, 0.3) is 155 Å². The molecule has 24 nitrogen and oxygen atoms in total. The van der Waals surface area contributed by atoms with Crippen molar-refractivity contribution >= 4 is 66.1 Å². The molecule has 8 aliphatic rings. The van der Waals surface area contributed by atoms with Crippen molar-refractivity contribution in [2.45, 2.75) is 0 Å². The Balaban J connectivity index is 0.000000120. The maximum atomic E-state index is 15.8. The van der Waals surface area contributed by atoms with Gasteiger partial charge in [0.05, 0.1) is 69.8 Å². The first kappa shape index (κ1) is 87.4. The van der Waals surface area contributed by atoms with Crippen molar-refractivity contribution in [2.75, 3.05) is 0 Å². The number of aromatic nitrogens is 2. The van der Waals surface area contributed by atoms with Gasteiger partial charge in [0.1, 0.15) is 153 Å². The van der Waals surface area contributed by atoms with Gasteiger partial charge in [-0.15, -0.1) is 10.2 Å². The number of halogens is 2. The van der Waals surface area contributed by atoms with Crippen LogP contribution in [0.2, 0.25) is 0 Å². The fourth-order valence-corrected chi connectivity index (χ4v) is 20.1. The van der Waals surface area contributed by atoms with Crippen molar-refractivity contribution in [3.8, 4) is 223 Å². The molecule has 142 heavy (non-hydrogen) atoms. The standard InChI is InChI=1S/C34H14N4.C28H6F2N6.C28H8N6.C26H6N8/c35-15-21(16-36)29-25-11-9-20-6-2-4-8-24(20)32(25)34-26(29)13-14-28-31-23-7-3-1-5-19(23)10-12-27(31)30(33(28)34)22(17-37)18-38;29-27-24-18-4-2-14(8-32)6-20(18)21(15(9-33)10-34)25(24)23-17-3-1-13(7-31)5-19(17)22(16(11-35)12-36)26(23)28(27)30;29-9-15-1-3-19-20-5-6-22-25(17(11-31)12-32)24-8-16(10-30)2-4-21(24)27(22)28(20)26(23(19)7-15)18(13-33)14-34;27-7-13-1-3-17-19(5-13)22(16(11-31)12-32)26-23(17)24-21(15(9-29)10-30)20-6-14(8-28)2-4-18(20)25(24)33-34-26/h1-14H;1-6H;1-8H;1-6H. The summed E-state index contributed by atoms with van der Waals surface area (Å²) in [6, 6.07) is 103. The molecule has 0 radical (unpaired) electrons. The Morgan fingerprint density at radius 3 is 0.887 bits per heavy atom. The predicted molar refractivity (Wildman–Crippen MR) is 506 cm³/mol. The van der Waals surface area contributed by atoms with Crippen LogP contribution in [-0.4, -0.2) is 10.2 Å². The van der Waals surface area contributed by atoms with Gasteiger partial charge in [-0.25, -0.2) is 8.78 Å². The Hall–Kier alpha value is -24.0. The van der Waals surface area contributed by atoms with Crippen LogP contribution in [0.3, 0.4) is 0 Å². The highest BCUT2D eigenvalue weighted by Crippen LogP contribution is 2.64. The zero-order valence-corrected chi connectivity index (χ0v) is 72.1. The molecule has 0 bridgehead atoms. The first-order valence-corrected chi connectivity index (χ1v) is 41.9. The third-order valence-corrected chi connectivity index (χ3v) is 25.6. The van der Waals surface area contributed by atoms with Crippen molar-refractivity contribution in [3.05, 3.63) is 385 Å². The van der Waals surface area contributed by atoms with E-state index in [1.165, 1.54) is 36.4 Å². The van der Waals surface area contributed by atoms with Crippen LogP contribution in [0.5, 0.6) is 0 Å². The maximum absolute atomic E-state index is 15.8. The number of hydrogen-bond donors (Lipinski definition) is 0. The van der Waals surface area contributed by atoms with Gasteiger partial charge >= 0.3 is 0 Å². The molecule has 0 amide bonds. The second kappa shape index (κ2) is 34.4. The maximum Gasteiger partial charge on any atom is 0.168 e. The molecule has 632 valence electrons. The van der Waals surface area contributed by atoms with Gasteiger partial charge < -0.3 is 0 Å². The summed E-state index contributed by atoms with van der Waals surface area (Å²) in [5, 5.41) is 225. The minimum absolute atomic E-state index is 0.0178. The SMILES string of the molecule is N#CC(C#N)=C1c2cc(C#N)ccc2-c2c1c(F)c(F)c1c2C(=C(C#N)C#N)c2cc(C#N)ccc2-1.N#CC(C#N)=C1c2cc(C#N)ccc2-c2c1ccc1c2C(=C(C#N)C#N)c2cc(C#N)ccc2-1.N#CC(C#N)=C1c2cc(C#N)ccc2-c2c1nnc1c2C(=C(C#N)C#N)c2cc(C#N)ccc2-1.N#CC(C#N)=C1c2ccc3c(c2-c2c1ccc1ccccc21)C(=C(C#N)C#N)c1ccc2ccccc2c1-3. The Morgan fingerprint density at radius 2 is 0.437 bits per heavy atom. The van der Waals surface area contributed by atoms with Gasteiger partial charge in [-0.3, -0.25) is 0 Å². The minimum atomic E-state index is -1.32. The van der Waals surface area contributed by atoms with Crippen LogP contribution in [-0.2, 0) is 0 Å². The van der Waals surface area contributed by atoms with Crippen LogP contribution in [0.15, 0.2) is 251 Å². The van der Waals surface area contributed by atoms with Gasteiger partial charge in [-0.05, 0) is 211 Å². The van der Waals surface area contributed by atoms with Crippen molar-refractivity contribution in [1.29, 1.82) is 116 Å². The van der Waals surface area contributed by atoms with E-state index in [2.05, 4.69) is 70.9 Å². The van der Waals surface area contributed by atoms with E-state index >= 15 is 8.78 Å². The van der Waals surface area contributed by atoms with E-state index < -0.39 is 17.2 Å². The predicted octanol–water partition coefficient (Wildman–Crippen LogP) is 22.0. The summed E-state index contributed by atoms with van der Waals surface area (Å²) >= 11 is 0. The molecule has 14 aromatic rings. The second-order valence-electron chi connectivity index (χ2n) is 32.0. The summed E-state index contributed by atoms with van der Waals surface area (Å²) in [5.74, 6) is -2.61. The van der Waals surface area contributed by atoms with Crippen molar-refractivity contribution in [3.63, 3.8) is 0 Å². The van der Waals surface area contributed by atoms with Gasteiger partial charge in [0, 0.05) is 94.7 Å². The lowest BCUT2D eigenvalue weighted by molar-refractivity contribution is 0.510. The second-order valence-corrected chi connectivity index (χ2v) is 32.0. The third kappa shape index (κ3) is 12.6. The Bertz CT molecular complexity index is 9590. The van der Waals surface area contributed by atoms with E-state index in [1.54, 1.807) is 97.1 Å². The fraction of sp³-hybridized carbons (Fsp3) is 0. The molecule has 0 unspecified atom stereocenters. The number of fused-ring (bicyclic) bond motifs is 32. The summed E-state index contributed by atoms with van der Waals surface area (Å²) in [6.07, 6.45) is 0. The van der Waals surface area contributed by atoms with Crippen LogP contribution in [0.4, 0.5) is 8.78 Å². The number of nitrogens with zero attached hydrogens (tertiary/aromatic N) is 24. The normalized spacial score (nSPS) is 11.5. The van der Waals surface area contributed by atoms with Gasteiger partial charge in [0.2, 0.25) is 0 Å². The molecule has 0 fully saturated rings. The highest BCUT2D eigenvalue weighted by molar-refractivity contribution is 6.24. The molecule has 8 aliphatic carbocycles. The molecule has 22 rings (SSSR count). The lowest BCUT2D eigenvalue weighted by Gasteiger charge is -2.13. The summed E-state index contributed by atoms with van der Waals surface area (Å²) in [6.45, 7) is 0. The van der Waals surface area contributed by atoms with Crippen LogP contribution < -0.4 is 0 Å². The highest BCUT2D eigenvalue weighted by atomic mass is 19.2. The average Bonchev–Trinajstić information content (AvgIpc) is 1.50. The van der Waals surface area contributed by atoms with E-state index in [4.69, 9.17) is 0 Å². The average molecular weight is 1800 g/mol. The molecule has 13 aromatic carbocycles. The van der Waals surface area contributed by atoms with Crippen molar-refractivity contribution in [1.82, 2.24) is 10.2 Å². The number of rotatable bonds is 0. The Kier molecular flexibility index (Phi) is 21.2. The summed E-state index contributed by atoms with van der Waals surface area (Å²) in [4.78, 5) is 0. The molecule has 0 saturated carbocycles. The molecule has 0 atom stereocenters. The molecule has 1 aromatic heterocycles. The van der Waals surface area contributed by atoms with Crippen molar-refractivity contribution < 1.29 is 8.78 Å². The zero-order chi connectivity index (χ0) is 99.7. The van der Waals surface area contributed by atoms with E-state index in [9.17, 15) is 116 Å². The molecule has 0 saturated heterocycles. The number of hydrogen-bond acceptors (Lipinski definition) is 24. The van der Waals surface area contributed by atoms with Gasteiger partial charge in [0.15, 0.2) is 11.6 Å². The van der Waals surface area contributed by atoms with E-state index in [0.717, 1.165) is 77.2 Å². The molecule has 0 N–H and O–H groups in total. The largest absolute Gasteiger partial charge is 0.203 e. The Morgan fingerprint density at radius 1 is 0.169 bits per heavy atom. The minimum Gasteiger partial charge on any atom is -0.203 e. The smallest absolute Gasteiger partial charge is 0.168 e. The first-order chi connectivity index (χ1) is 69.4. The number of benzene rings is 13. The first-order valence-electron chi connectivity index (χ1n) is 41.9. The third-order valence-electron chi connectivity index (χ3n) is 25.6. The topological polar surface area (TPSA) is 549 Å². The lowest BCUT2D eigenvalue weighted by Crippen LogP contribution is -2.01. The molecule has 0 aliphatic heterocycles. The molecule has 1 heterocycles. The van der Waals surface area contributed by atoms with Gasteiger partial charge in [-0.2, -0.15) is 116 Å². The number of allylic oxidation sites excluding steroid dienone is 8. The summed E-state index contributed by atoms with van der Waals surface area (Å²) in [7, 11) is 0.